The van der Waals surface area contributed by atoms with Crippen LogP contribution >= 0.6 is 11.8 Å². The summed E-state index contributed by atoms with van der Waals surface area (Å²) in [6.07, 6.45) is 1.80. The number of aliphatic imine (C=N–C) groups is 1. The van der Waals surface area contributed by atoms with E-state index in [9.17, 15) is 9.59 Å². The molecule has 5 rings (SSSR count). The van der Waals surface area contributed by atoms with Crippen LogP contribution in [0.25, 0.3) is 27.6 Å². The topological polar surface area (TPSA) is 67.8 Å². The van der Waals surface area contributed by atoms with Gasteiger partial charge in [-0.15, -0.1) is 0 Å². The number of nitrogens with zero attached hydrogens (tertiary/aromatic N) is 1. The van der Waals surface area contributed by atoms with Gasteiger partial charge in [-0.2, -0.15) is 4.99 Å². The lowest BCUT2D eigenvalue weighted by molar-refractivity contribution is -0.117. The van der Waals surface area contributed by atoms with Gasteiger partial charge >= 0.3 is 0 Å². The number of benzene rings is 4. The summed E-state index contributed by atoms with van der Waals surface area (Å²) in [7, 11) is 0. The van der Waals surface area contributed by atoms with Crippen molar-refractivity contribution >= 4 is 56.4 Å². The maximum Gasteiger partial charge on any atom is 0.286 e. The number of carbonyl (C=O) groups is 2. The van der Waals surface area contributed by atoms with Crippen LogP contribution in [0, 0.1) is 0 Å². The molecular formula is C27H20N2O3S. The van der Waals surface area contributed by atoms with Gasteiger partial charge in [0.15, 0.2) is 5.17 Å². The van der Waals surface area contributed by atoms with E-state index in [0.29, 0.717) is 17.3 Å². The SMILES string of the molecule is CC(=O)NC1=NC(=O)/C(=C/c2c(OCc3cccc4ccccc34)ccc3ccccc23)S1. The second kappa shape index (κ2) is 8.92. The van der Waals surface area contributed by atoms with Crippen LogP contribution in [0.15, 0.2) is 88.8 Å². The Hall–Kier alpha value is -3.90. The zero-order valence-electron chi connectivity index (χ0n) is 17.9. The van der Waals surface area contributed by atoms with Crippen molar-refractivity contribution in [2.45, 2.75) is 13.5 Å². The van der Waals surface area contributed by atoms with Crippen molar-refractivity contribution in [1.29, 1.82) is 0 Å². The van der Waals surface area contributed by atoms with Gasteiger partial charge in [-0.05, 0) is 51.0 Å². The lowest BCUT2D eigenvalue weighted by Crippen LogP contribution is -2.23. The standard InChI is InChI=1S/C27H20N2O3S/c1-17(30)28-27-29-26(31)25(33-27)15-23-22-12-5-3-8-19(22)13-14-24(23)32-16-20-10-6-9-18-7-2-4-11-21(18)20/h2-15H,16H2,1H3,(H,28,29,30,31)/b25-15-. The third-order valence-electron chi connectivity index (χ3n) is 5.37. The highest BCUT2D eigenvalue weighted by Crippen LogP contribution is 2.35. The van der Waals surface area contributed by atoms with E-state index in [4.69, 9.17) is 4.74 Å². The molecular weight excluding hydrogens is 432 g/mol. The fourth-order valence-electron chi connectivity index (χ4n) is 3.87. The zero-order chi connectivity index (χ0) is 22.8. The molecule has 162 valence electrons. The summed E-state index contributed by atoms with van der Waals surface area (Å²) < 4.78 is 6.30. The maximum atomic E-state index is 12.5. The second-order valence-corrected chi connectivity index (χ2v) is 8.67. The molecule has 0 aliphatic carbocycles. The van der Waals surface area contributed by atoms with E-state index in [0.717, 1.165) is 44.4 Å². The first-order valence-corrected chi connectivity index (χ1v) is 11.3. The van der Waals surface area contributed by atoms with Crippen molar-refractivity contribution in [2.75, 3.05) is 0 Å². The van der Waals surface area contributed by atoms with Crippen molar-refractivity contribution in [2.24, 2.45) is 4.99 Å². The lowest BCUT2D eigenvalue weighted by Gasteiger charge is -2.14. The molecule has 0 unspecified atom stereocenters. The Balaban J connectivity index is 1.52. The molecule has 4 aromatic carbocycles. The predicted molar refractivity (Wildman–Crippen MR) is 134 cm³/mol. The molecule has 5 nitrogen and oxygen atoms in total. The van der Waals surface area contributed by atoms with E-state index in [1.807, 2.05) is 54.6 Å². The highest BCUT2D eigenvalue weighted by atomic mass is 32.2. The van der Waals surface area contributed by atoms with Crippen LogP contribution in [-0.2, 0) is 16.2 Å². The number of rotatable bonds is 4. The first kappa shape index (κ1) is 21.0. The monoisotopic (exact) mass is 452 g/mol. The minimum absolute atomic E-state index is 0.264. The number of thioether (sulfide) groups is 1. The normalized spacial score (nSPS) is 14.6. The fraction of sp³-hybridized carbons (Fsp3) is 0.0741. The quantitative estimate of drug-likeness (QED) is 0.405. The molecule has 1 heterocycles. The fourth-order valence-corrected chi connectivity index (χ4v) is 4.71. The summed E-state index contributed by atoms with van der Waals surface area (Å²) in [5, 5.41) is 7.20. The molecule has 1 aliphatic heterocycles. The van der Waals surface area contributed by atoms with E-state index < -0.39 is 0 Å². The molecule has 0 spiro atoms. The average Bonchev–Trinajstić information content (AvgIpc) is 3.16. The van der Waals surface area contributed by atoms with Crippen LogP contribution < -0.4 is 10.1 Å². The second-order valence-electron chi connectivity index (χ2n) is 7.64. The number of hydrogen-bond acceptors (Lipinski definition) is 4. The van der Waals surface area contributed by atoms with E-state index in [1.165, 1.54) is 6.92 Å². The Morgan fingerprint density at radius 2 is 1.64 bits per heavy atom. The van der Waals surface area contributed by atoms with Crippen molar-refractivity contribution in [3.05, 3.63) is 94.9 Å². The van der Waals surface area contributed by atoms with Gasteiger partial charge in [0.1, 0.15) is 12.4 Å². The molecule has 0 saturated carbocycles. The minimum Gasteiger partial charge on any atom is -0.488 e. The van der Waals surface area contributed by atoms with E-state index in [2.05, 4.69) is 34.6 Å². The highest BCUT2D eigenvalue weighted by Gasteiger charge is 2.23. The van der Waals surface area contributed by atoms with Crippen LogP contribution in [0.5, 0.6) is 5.75 Å². The number of amidine groups is 1. The van der Waals surface area contributed by atoms with Gasteiger partial charge in [0.05, 0.1) is 4.91 Å². The Morgan fingerprint density at radius 1 is 0.939 bits per heavy atom. The summed E-state index contributed by atoms with van der Waals surface area (Å²) in [5.74, 6) is 0.0340. The summed E-state index contributed by atoms with van der Waals surface area (Å²) in [5.41, 5.74) is 1.89. The molecule has 4 aromatic rings. The van der Waals surface area contributed by atoms with Crippen LogP contribution in [0.3, 0.4) is 0 Å². The molecule has 0 bridgehead atoms. The van der Waals surface area contributed by atoms with Crippen molar-refractivity contribution in [1.82, 2.24) is 5.32 Å². The zero-order valence-corrected chi connectivity index (χ0v) is 18.7. The predicted octanol–water partition coefficient (Wildman–Crippen LogP) is 5.68. The molecule has 0 fully saturated rings. The number of carbonyl (C=O) groups excluding carboxylic acids is 2. The summed E-state index contributed by atoms with van der Waals surface area (Å²) in [6, 6.07) is 26.3. The number of ether oxygens (including phenoxy) is 1. The molecule has 33 heavy (non-hydrogen) atoms. The maximum absolute atomic E-state index is 12.5. The number of nitrogens with one attached hydrogen (secondary N) is 1. The van der Waals surface area contributed by atoms with Gasteiger partial charge in [0.2, 0.25) is 5.91 Å². The molecule has 1 N–H and O–H groups in total. The van der Waals surface area contributed by atoms with Crippen LogP contribution in [0.1, 0.15) is 18.1 Å². The Labute approximate surface area is 195 Å². The number of amides is 2. The van der Waals surface area contributed by atoms with Crippen LogP contribution in [0.2, 0.25) is 0 Å². The Morgan fingerprint density at radius 3 is 2.42 bits per heavy atom. The van der Waals surface area contributed by atoms with Crippen LogP contribution in [-0.4, -0.2) is 17.0 Å². The van der Waals surface area contributed by atoms with Crippen molar-refractivity contribution in [3.63, 3.8) is 0 Å². The van der Waals surface area contributed by atoms with Gasteiger partial charge in [-0.1, -0.05) is 72.8 Å². The molecule has 0 atom stereocenters. The van der Waals surface area contributed by atoms with Gasteiger partial charge in [-0.3, -0.25) is 9.59 Å². The van der Waals surface area contributed by atoms with Crippen molar-refractivity contribution < 1.29 is 14.3 Å². The lowest BCUT2D eigenvalue weighted by atomic mass is 10.0. The van der Waals surface area contributed by atoms with Crippen LogP contribution in [0.4, 0.5) is 0 Å². The Kier molecular flexibility index (Phi) is 5.67. The summed E-state index contributed by atoms with van der Waals surface area (Å²) in [6.45, 7) is 1.78. The van der Waals surface area contributed by atoms with E-state index >= 15 is 0 Å². The van der Waals surface area contributed by atoms with Gasteiger partial charge in [0.25, 0.3) is 5.91 Å². The van der Waals surface area contributed by atoms with Gasteiger partial charge < -0.3 is 10.1 Å². The first-order valence-electron chi connectivity index (χ1n) is 10.5. The smallest absolute Gasteiger partial charge is 0.286 e. The minimum atomic E-state index is -0.378. The van der Waals surface area contributed by atoms with E-state index in [1.54, 1.807) is 6.08 Å². The molecule has 1 aliphatic rings. The largest absolute Gasteiger partial charge is 0.488 e. The first-order chi connectivity index (χ1) is 16.1. The Bertz CT molecular complexity index is 1470. The third-order valence-corrected chi connectivity index (χ3v) is 6.27. The third kappa shape index (κ3) is 4.38. The van der Waals surface area contributed by atoms with Gasteiger partial charge in [-0.25, -0.2) is 0 Å². The molecule has 0 saturated heterocycles. The summed E-state index contributed by atoms with van der Waals surface area (Å²) >= 11 is 1.15. The van der Waals surface area contributed by atoms with Crippen molar-refractivity contribution in [3.8, 4) is 5.75 Å². The molecule has 0 aromatic heterocycles. The van der Waals surface area contributed by atoms with Gasteiger partial charge in [0, 0.05) is 12.5 Å². The average molecular weight is 453 g/mol. The highest BCUT2D eigenvalue weighted by molar-refractivity contribution is 8.18. The summed E-state index contributed by atoms with van der Waals surface area (Å²) in [4.78, 5) is 28.2. The molecule has 2 amide bonds. The molecule has 0 radical (unpaired) electrons. The number of hydrogen-bond donors (Lipinski definition) is 1. The van der Waals surface area contributed by atoms with E-state index in [-0.39, 0.29) is 17.0 Å². The molecule has 6 heteroatoms. The number of fused-ring (bicyclic) bond motifs is 2.